The van der Waals surface area contributed by atoms with E-state index in [9.17, 15) is 0 Å². The number of para-hydroxylation sites is 2. The lowest BCUT2D eigenvalue weighted by atomic mass is 9.99. The van der Waals surface area contributed by atoms with E-state index < -0.39 is 0 Å². The van der Waals surface area contributed by atoms with Crippen molar-refractivity contribution < 1.29 is 0 Å². The zero-order chi connectivity index (χ0) is 45.0. The molecule has 3 aromatic heterocycles. The average molecular weight is 867 g/mol. The first-order chi connectivity index (χ1) is 33.7. The molecule has 4 nitrogen and oxygen atoms in total. The molecule has 0 unspecified atom stereocenters. The van der Waals surface area contributed by atoms with Crippen LogP contribution in [0.25, 0.3) is 122 Å². The highest BCUT2D eigenvalue weighted by Crippen LogP contribution is 2.39. The molecule has 318 valence electrons. The summed E-state index contributed by atoms with van der Waals surface area (Å²) in [6, 6.07) is 89.5. The largest absolute Gasteiger partial charge is 0.309 e. The summed E-state index contributed by atoms with van der Waals surface area (Å²) in [4.78, 5) is 9.60. The van der Waals surface area contributed by atoms with Gasteiger partial charge in [-0.2, -0.15) is 0 Å². The van der Waals surface area contributed by atoms with E-state index in [4.69, 9.17) is 9.97 Å². The maximum Gasteiger partial charge on any atom is 0.116 e. The Hall–Kier alpha value is -9.12. The van der Waals surface area contributed by atoms with Crippen LogP contribution in [0.15, 0.2) is 255 Å². The molecule has 0 aliphatic carbocycles. The standard InChI is InChI=1S/C64H42N4/c1-3-15-43(16-4-1)49-31-33-63-57(39-49)55-27-7-9-29-61(55)67(63)53-25-13-21-47(37-53)45-19-11-23-51(35-45)59-41-60(66-42-65-59)52-24-12-20-46(36-52)48-22-14-26-54(38-48)68-62-30-10-8-28-56(62)58-40-50(32-34-64(58)68)44-17-5-2-6-18-44/h1-42H. The van der Waals surface area contributed by atoms with Crippen LogP contribution in [0.5, 0.6) is 0 Å². The first-order valence-corrected chi connectivity index (χ1v) is 23.1. The van der Waals surface area contributed by atoms with E-state index in [0.29, 0.717) is 0 Å². The van der Waals surface area contributed by atoms with Gasteiger partial charge in [0, 0.05) is 44.0 Å². The first kappa shape index (κ1) is 39.3. The fourth-order valence-electron chi connectivity index (χ4n) is 10.2. The van der Waals surface area contributed by atoms with Gasteiger partial charge in [0.1, 0.15) is 6.33 Å². The molecule has 4 heteroatoms. The van der Waals surface area contributed by atoms with Crippen LogP contribution in [0.4, 0.5) is 0 Å². The third-order valence-electron chi connectivity index (χ3n) is 13.4. The third kappa shape index (κ3) is 6.86. The molecule has 68 heavy (non-hydrogen) atoms. The second kappa shape index (κ2) is 16.4. The summed E-state index contributed by atoms with van der Waals surface area (Å²) in [6.45, 7) is 0. The lowest BCUT2D eigenvalue weighted by Gasteiger charge is -2.12. The molecule has 0 atom stereocenters. The fraction of sp³-hybridized carbons (Fsp3) is 0. The Morgan fingerprint density at radius 2 is 0.574 bits per heavy atom. The van der Waals surface area contributed by atoms with Gasteiger partial charge in [0.25, 0.3) is 0 Å². The zero-order valence-electron chi connectivity index (χ0n) is 37.0. The quantitative estimate of drug-likeness (QED) is 0.153. The van der Waals surface area contributed by atoms with Crippen LogP contribution in [-0.2, 0) is 0 Å². The van der Waals surface area contributed by atoms with Crippen molar-refractivity contribution in [2.24, 2.45) is 0 Å². The normalized spacial score (nSPS) is 11.5. The van der Waals surface area contributed by atoms with Gasteiger partial charge in [0.15, 0.2) is 0 Å². The minimum absolute atomic E-state index is 0.874. The van der Waals surface area contributed by atoms with Crippen molar-refractivity contribution in [2.75, 3.05) is 0 Å². The molecule has 10 aromatic carbocycles. The summed E-state index contributed by atoms with van der Waals surface area (Å²) in [5.74, 6) is 0. The first-order valence-electron chi connectivity index (χ1n) is 23.1. The summed E-state index contributed by atoms with van der Waals surface area (Å²) < 4.78 is 4.78. The van der Waals surface area contributed by atoms with Crippen LogP contribution in [0.1, 0.15) is 0 Å². The van der Waals surface area contributed by atoms with Gasteiger partial charge in [0.05, 0.1) is 33.5 Å². The van der Waals surface area contributed by atoms with E-state index in [2.05, 4.69) is 258 Å². The average Bonchev–Trinajstić information content (AvgIpc) is 3.94. The smallest absolute Gasteiger partial charge is 0.116 e. The Bertz CT molecular complexity index is 3770. The Morgan fingerprint density at radius 1 is 0.221 bits per heavy atom. The van der Waals surface area contributed by atoms with Crippen molar-refractivity contribution >= 4 is 43.6 Å². The van der Waals surface area contributed by atoms with E-state index in [1.165, 1.54) is 65.9 Å². The number of benzene rings is 10. The molecule has 0 saturated heterocycles. The van der Waals surface area contributed by atoms with E-state index in [-0.39, 0.29) is 0 Å². The highest BCUT2D eigenvalue weighted by molar-refractivity contribution is 6.11. The van der Waals surface area contributed by atoms with Crippen LogP contribution in [-0.4, -0.2) is 19.1 Å². The number of hydrogen-bond donors (Lipinski definition) is 0. The SMILES string of the molecule is c1ccc(-c2ccc3c(c2)c2ccccc2n3-c2cccc(-c3cccc(-c4cc(-c5cccc(-c6cccc(-n7c8ccccc8c8cc(-c9ccccc9)ccc87)c6)c5)ncn4)c3)c2)cc1. The summed E-state index contributed by atoms with van der Waals surface area (Å²) in [5.41, 5.74) is 20.2. The summed E-state index contributed by atoms with van der Waals surface area (Å²) >= 11 is 0. The van der Waals surface area contributed by atoms with Crippen molar-refractivity contribution in [3.05, 3.63) is 255 Å². The van der Waals surface area contributed by atoms with Crippen molar-refractivity contribution in [1.82, 2.24) is 19.1 Å². The van der Waals surface area contributed by atoms with Gasteiger partial charge in [-0.1, -0.05) is 170 Å². The predicted molar refractivity (Wildman–Crippen MR) is 283 cm³/mol. The molecule has 3 heterocycles. The molecule has 13 aromatic rings. The van der Waals surface area contributed by atoms with E-state index in [1.54, 1.807) is 6.33 Å². The lowest BCUT2D eigenvalue weighted by Crippen LogP contribution is -1.95. The second-order valence-corrected chi connectivity index (χ2v) is 17.5. The van der Waals surface area contributed by atoms with Crippen molar-refractivity contribution in [3.63, 3.8) is 0 Å². The minimum atomic E-state index is 0.874. The highest BCUT2D eigenvalue weighted by Gasteiger charge is 2.17. The molecular weight excluding hydrogens is 825 g/mol. The molecule has 0 saturated carbocycles. The van der Waals surface area contributed by atoms with Gasteiger partial charge in [0.2, 0.25) is 0 Å². The van der Waals surface area contributed by atoms with Gasteiger partial charge in [-0.15, -0.1) is 0 Å². The third-order valence-corrected chi connectivity index (χ3v) is 13.4. The Kier molecular flexibility index (Phi) is 9.47. The molecule has 0 radical (unpaired) electrons. The topological polar surface area (TPSA) is 35.6 Å². The predicted octanol–water partition coefficient (Wildman–Crippen LogP) is 16.7. The monoisotopic (exact) mass is 866 g/mol. The fourth-order valence-corrected chi connectivity index (χ4v) is 10.2. The number of aromatic nitrogens is 4. The van der Waals surface area contributed by atoms with Gasteiger partial charge in [-0.3, -0.25) is 0 Å². The molecule has 0 amide bonds. The molecule has 0 bridgehead atoms. The van der Waals surface area contributed by atoms with Gasteiger partial charge in [-0.25, -0.2) is 9.97 Å². The van der Waals surface area contributed by atoms with E-state index in [1.807, 2.05) is 0 Å². The molecular formula is C64H42N4. The molecule has 0 aliphatic heterocycles. The number of hydrogen-bond acceptors (Lipinski definition) is 2. The van der Waals surface area contributed by atoms with E-state index >= 15 is 0 Å². The Morgan fingerprint density at radius 3 is 1.04 bits per heavy atom. The molecule has 13 rings (SSSR count). The van der Waals surface area contributed by atoms with Crippen molar-refractivity contribution in [3.8, 4) is 78.4 Å². The number of nitrogens with zero attached hydrogens (tertiary/aromatic N) is 4. The molecule has 0 N–H and O–H groups in total. The van der Waals surface area contributed by atoms with Crippen LogP contribution >= 0.6 is 0 Å². The summed E-state index contributed by atoms with van der Waals surface area (Å²) in [6.07, 6.45) is 1.68. The Balaban J connectivity index is 0.818. The lowest BCUT2D eigenvalue weighted by molar-refractivity contribution is 1.17. The summed E-state index contributed by atoms with van der Waals surface area (Å²) in [5, 5.41) is 4.96. The zero-order valence-corrected chi connectivity index (χ0v) is 37.0. The maximum absolute atomic E-state index is 4.80. The van der Waals surface area contributed by atoms with Crippen molar-refractivity contribution in [1.29, 1.82) is 0 Å². The Labute approximate surface area is 394 Å². The maximum atomic E-state index is 4.80. The number of rotatable bonds is 8. The molecule has 0 spiro atoms. The molecule has 0 aliphatic rings. The van der Waals surface area contributed by atoms with Gasteiger partial charge < -0.3 is 9.13 Å². The van der Waals surface area contributed by atoms with Gasteiger partial charge >= 0.3 is 0 Å². The summed E-state index contributed by atoms with van der Waals surface area (Å²) in [7, 11) is 0. The highest BCUT2D eigenvalue weighted by atomic mass is 15.0. The van der Waals surface area contributed by atoms with Crippen LogP contribution in [0.2, 0.25) is 0 Å². The van der Waals surface area contributed by atoms with Crippen LogP contribution in [0.3, 0.4) is 0 Å². The minimum Gasteiger partial charge on any atom is -0.309 e. The van der Waals surface area contributed by atoms with Crippen molar-refractivity contribution in [2.45, 2.75) is 0 Å². The van der Waals surface area contributed by atoms with Crippen LogP contribution in [0, 0.1) is 0 Å². The van der Waals surface area contributed by atoms with E-state index in [0.717, 1.165) is 56.1 Å². The number of fused-ring (bicyclic) bond motifs is 6. The second-order valence-electron chi connectivity index (χ2n) is 17.5. The van der Waals surface area contributed by atoms with Gasteiger partial charge in [-0.05, 0) is 123 Å². The van der Waals surface area contributed by atoms with Crippen LogP contribution < -0.4 is 0 Å². The molecule has 0 fully saturated rings.